The van der Waals surface area contributed by atoms with Crippen LogP contribution in [0.3, 0.4) is 0 Å². The van der Waals surface area contributed by atoms with Gasteiger partial charge in [-0.25, -0.2) is 0 Å². The van der Waals surface area contributed by atoms with Crippen molar-refractivity contribution in [3.8, 4) is 0 Å². The fourth-order valence-electron chi connectivity index (χ4n) is 2.25. The second-order valence-corrected chi connectivity index (χ2v) is 5.81. The first kappa shape index (κ1) is 14.1. The highest BCUT2D eigenvalue weighted by Gasteiger charge is 2.28. The van der Waals surface area contributed by atoms with Gasteiger partial charge in [0.1, 0.15) is 11.6 Å². The molecular formula is C14H18N4O2S. The molecule has 1 saturated carbocycles. The van der Waals surface area contributed by atoms with E-state index in [4.69, 9.17) is 16.6 Å². The Hall–Kier alpha value is -1.89. The standard InChI is InChI=1S/C14H18N4O2S/c1-8-7-11(20-9(8)2)13(19)15-5-6-18-12(10-3-4-10)16-17-14(18)21/h7,10H,3-6H2,1-2H3,(H,15,19)(H,17,21). The Kier molecular flexibility index (Phi) is 3.67. The molecule has 21 heavy (non-hydrogen) atoms. The highest BCUT2D eigenvalue weighted by molar-refractivity contribution is 7.71. The number of carbonyl (C=O) groups excluding carboxylic acids is 1. The molecule has 1 fully saturated rings. The van der Waals surface area contributed by atoms with E-state index in [2.05, 4.69) is 15.5 Å². The average Bonchev–Trinajstić information content (AvgIpc) is 3.15. The summed E-state index contributed by atoms with van der Waals surface area (Å²) in [6, 6.07) is 1.75. The second-order valence-electron chi connectivity index (χ2n) is 5.42. The molecule has 0 saturated heterocycles. The predicted molar refractivity (Wildman–Crippen MR) is 79.9 cm³/mol. The molecule has 0 bridgehead atoms. The van der Waals surface area contributed by atoms with Crippen molar-refractivity contribution in [2.24, 2.45) is 0 Å². The first-order chi connectivity index (χ1) is 10.1. The van der Waals surface area contributed by atoms with Crippen molar-refractivity contribution >= 4 is 18.1 Å². The monoisotopic (exact) mass is 306 g/mol. The van der Waals surface area contributed by atoms with Crippen molar-refractivity contribution < 1.29 is 9.21 Å². The number of H-pyrrole nitrogens is 1. The number of amides is 1. The van der Waals surface area contributed by atoms with Gasteiger partial charge in [-0.1, -0.05) is 0 Å². The number of furan rings is 1. The van der Waals surface area contributed by atoms with Crippen molar-refractivity contribution in [3.63, 3.8) is 0 Å². The average molecular weight is 306 g/mol. The summed E-state index contributed by atoms with van der Waals surface area (Å²) in [6.07, 6.45) is 2.33. The van der Waals surface area contributed by atoms with Crippen LogP contribution in [0.15, 0.2) is 10.5 Å². The van der Waals surface area contributed by atoms with Gasteiger partial charge in [0.2, 0.25) is 0 Å². The van der Waals surface area contributed by atoms with E-state index < -0.39 is 0 Å². The van der Waals surface area contributed by atoms with Gasteiger partial charge in [-0.15, -0.1) is 0 Å². The molecule has 3 rings (SSSR count). The Morgan fingerprint density at radius 3 is 2.95 bits per heavy atom. The van der Waals surface area contributed by atoms with Gasteiger partial charge in [-0.2, -0.15) is 5.10 Å². The Balaban J connectivity index is 1.60. The molecule has 6 nitrogen and oxygen atoms in total. The largest absolute Gasteiger partial charge is 0.456 e. The summed E-state index contributed by atoms with van der Waals surface area (Å²) >= 11 is 5.23. The molecule has 1 aliphatic rings. The van der Waals surface area contributed by atoms with Gasteiger partial charge in [0, 0.05) is 19.0 Å². The lowest BCUT2D eigenvalue weighted by Gasteiger charge is -2.06. The second kappa shape index (κ2) is 5.48. The Morgan fingerprint density at radius 2 is 2.33 bits per heavy atom. The van der Waals surface area contributed by atoms with E-state index in [1.807, 2.05) is 18.4 Å². The lowest BCUT2D eigenvalue weighted by molar-refractivity contribution is 0.0923. The number of nitrogens with zero attached hydrogens (tertiary/aromatic N) is 2. The van der Waals surface area contributed by atoms with Crippen LogP contribution >= 0.6 is 12.2 Å². The molecule has 0 aromatic carbocycles. The molecule has 0 spiro atoms. The van der Waals surface area contributed by atoms with Crippen molar-refractivity contribution in [1.29, 1.82) is 0 Å². The molecule has 2 aromatic rings. The molecule has 1 aliphatic carbocycles. The number of hydrogen-bond donors (Lipinski definition) is 2. The van der Waals surface area contributed by atoms with Crippen LogP contribution in [0.4, 0.5) is 0 Å². The smallest absolute Gasteiger partial charge is 0.287 e. The fraction of sp³-hybridized carbons (Fsp3) is 0.500. The Morgan fingerprint density at radius 1 is 1.57 bits per heavy atom. The van der Waals surface area contributed by atoms with Gasteiger partial charge in [-0.05, 0) is 50.5 Å². The fourth-order valence-corrected chi connectivity index (χ4v) is 2.48. The van der Waals surface area contributed by atoms with Crippen molar-refractivity contribution in [2.75, 3.05) is 6.54 Å². The molecule has 0 unspecified atom stereocenters. The van der Waals surface area contributed by atoms with Gasteiger partial charge >= 0.3 is 0 Å². The maximum Gasteiger partial charge on any atom is 0.287 e. The summed E-state index contributed by atoms with van der Waals surface area (Å²) in [7, 11) is 0. The minimum atomic E-state index is -0.200. The molecular weight excluding hydrogens is 288 g/mol. The van der Waals surface area contributed by atoms with Crippen LogP contribution in [-0.4, -0.2) is 27.2 Å². The van der Waals surface area contributed by atoms with Crippen LogP contribution in [0.2, 0.25) is 0 Å². The molecule has 2 heterocycles. The van der Waals surface area contributed by atoms with Gasteiger partial charge < -0.3 is 14.3 Å². The lowest BCUT2D eigenvalue weighted by atomic mass is 10.3. The van der Waals surface area contributed by atoms with E-state index in [1.165, 1.54) is 0 Å². The van der Waals surface area contributed by atoms with Gasteiger partial charge in [0.05, 0.1) is 0 Å². The quantitative estimate of drug-likeness (QED) is 0.832. The first-order valence-corrected chi connectivity index (χ1v) is 7.47. The van der Waals surface area contributed by atoms with Crippen LogP contribution < -0.4 is 5.32 Å². The highest BCUT2D eigenvalue weighted by atomic mass is 32.1. The minimum absolute atomic E-state index is 0.200. The highest BCUT2D eigenvalue weighted by Crippen LogP contribution is 2.38. The Labute approximate surface area is 127 Å². The van der Waals surface area contributed by atoms with E-state index in [0.29, 0.717) is 29.5 Å². The van der Waals surface area contributed by atoms with E-state index in [9.17, 15) is 4.79 Å². The molecule has 112 valence electrons. The van der Waals surface area contributed by atoms with Crippen LogP contribution in [0.1, 0.15) is 46.5 Å². The number of nitrogens with one attached hydrogen (secondary N) is 2. The summed E-state index contributed by atoms with van der Waals surface area (Å²) < 4.78 is 7.97. The zero-order valence-corrected chi connectivity index (χ0v) is 12.9. The SMILES string of the molecule is Cc1cc(C(=O)NCCn2c(C3CC3)n[nH]c2=S)oc1C. The number of hydrogen-bond acceptors (Lipinski definition) is 4. The maximum absolute atomic E-state index is 12.0. The van der Waals surface area contributed by atoms with Crippen LogP contribution in [0.25, 0.3) is 0 Å². The minimum Gasteiger partial charge on any atom is -0.456 e. The normalized spacial score (nSPS) is 14.4. The van der Waals surface area contributed by atoms with Gasteiger partial charge in [0.25, 0.3) is 5.91 Å². The number of carbonyl (C=O) groups is 1. The van der Waals surface area contributed by atoms with Gasteiger partial charge in [-0.3, -0.25) is 9.89 Å². The van der Waals surface area contributed by atoms with E-state index in [1.54, 1.807) is 6.07 Å². The summed E-state index contributed by atoms with van der Waals surface area (Å²) in [5, 5.41) is 9.94. The van der Waals surface area contributed by atoms with Crippen molar-refractivity contribution in [3.05, 3.63) is 33.7 Å². The third-order valence-electron chi connectivity index (χ3n) is 3.74. The van der Waals surface area contributed by atoms with Crippen LogP contribution in [0, 0.1) is 18.6 Å². The summed E-state index contributed by atoms with van der Waals surface area (Å²) in [4.78, 5) is 12.0. The molecule has 0 atom stereocenters. The first-order valence-electron chi connectivity index (χ1n) is 7.06. The van der Waals surface area contributed by atoms with E-state index in [-0.39, 0.29) is 5.91 Å². The summed E-state index contributed by atoms with van der Waals surface area (Å²) in [5.74, 6) is 2.44. The number of aromatic nitrogens is 3. The molecule has 1 amide bonds. The molecule has 0 aliphatic heterocycles. The van der Waals surface area contributed by atoms with E-state index in [0.717, 1.165) is 30.0 Å². The predicted octanol–water partition coefficient (Wildman–Crippen LogP) is 2.46. The molecule has 0 radical (unpaired) electrons. The molecule has 2 aromatic heterocycles. The van der Waals surface area contributed by atoms with Crippen molar-refractivity contribution in [2.45, 2.75) is 39.2 Å². The van der Waals surface area contributed by atoms with Crippen LogP contribution in [-0.2, 0) is 6.54 Å². The maximum atomic E-state index is 12.0. The topological polar surface area (TPSA) is 75.8 Å². The van der Waals surface area contributed by atoms with E-state index >= 15 is 0 Å². The Bertz CT molecular complexity index is 704. The summed E-state index contributed by atoms with van der Waals surface area (Å²) in [6.45, 7) is 4.87. The third-order valence-corrected chi connectivity index (χ3v) is 4.05. The molecule has 7 heteroatoms. The number of aromatic amines is 1. The molecule has 2 N–H and O–H groups in total. The van der Waals surface area contributed by atoms with Crippen molar-refractivity contribution in [1.82, 2.24) is 20.1 Å². The van der Waals surface area contributed by atoms with Gasteiger partial charge in [0.15, 0.2) is 10.5 Å². The lowest BCUT2D eigenvalue weighted by Crippen LogP contribution is -2.27. The number of aryl methyl sites for hydroxylation is 2. The zero-order chi connectivity index (χ0) is 15.0. The number of rotatable bonds is 5. The third kappa shape index (κ3) is 2.92. The van der Waals surface area contributed by atoms with Crippen LogP contribution in [0.5, 0.6) is 0 Å². The summed E-state index contributed by atoms with van der Waals surface area (Å²) in [5.41, 5.74) is 0.980. The zero-order valence-electron chi connectivity index (χ0n) is 12.1.